The molecule has 0 aliphatic carbocycles. The van der Waals surface area contributed by atoms with Crippen LogP contribution in [0.4, 0.5) is 11.5 Å². The molecule has 4 aromatic rings. The number of piperazine rings is 1. The van der Waals surface area contributed by atoms with E-state index < -0.39 is 0 Å². The van der Waals surface area contributed by atoms with Crippen LogP contribution in [-0.2, 0) is 0 Å². The highest BCUT2D eigenvalue weighted by Gasteiger charge is 2.30. The van der Waals surface area contributed by atoms with Crippen LogP contribution < -0.4 is 20.4 Å². The number of aromatic nitrogens is 4. The summed E-state index contributed by atoms with van der Waals surface area (Å²) >= 11 is 0. The summed E-state index contributed by atoms with van der Waals surface area (Å²) in [4.78, 5) is 32.9. The van der Waals surface area contributed by atoms with Crippen LogP contribution in [-0.4, -0.2) is 70.6 Å². The zero-order valence-electron chi connectivity index (χ0n) is 19.9. The summed E-state index contributed by atoms with van der Waals surface area (Å²) in [6.45, 7) is 7.92. The summed E-state index contributed by atoms with van der Waals surface area (Å²) in [6, 6.07) is 8.71. The van der Waals surface area contributed by atoms with Crippen LogP contribution in [0, 0.1) is 0 Å². The normalized spacial score (nSPS) is 21.1. The number of fused-ring (bicyclic) bond motifs is 5. The van der Waals surface area contributed by atoms with Crippen LogP contribution in [0.1, 0.15) is 37.0 Å². The number of amides is 1. The molecule has 0 unspecified atom stereocenters. The van der Waals surface area contributed by atoms with Crippen molar-refractivity contribution in [2.75, 3.05) is 43.0 Å². The van der Waals surface area contributed by atoms with Gasteiger partial charge >= 0.3 is 0 Å². The van der Waals surface area contributed by atoms with Crippen LogP contribution in [0.2, 0.25) is 0 Å². The zero-order chi connectivity index (χ0) is 23.4. The number of nitrogens with one attached hydrogen (secondary N) is 2. The molecule has 1 aromatic carbocycles. The molecule has 0 bridgehead atoms. The molecule has 9 nitrogen and oxygen atoms in total. The van der Waals surface area contributed by atoms with Gasteiger partial charge < -0.3 is 20.4 Å². The Morgan fingerprint density at radius 2 is 1.76 bits per heavy atom. The van der Waals surface area contributed by atoms with Crippen molar-refractivity contribution < 1.29 is 4.79 Å². The van der Waals surface area contributed by atoms with Crippen molar-refractivity contribution in [3.63, 3.8) is 0 Å². The number of carbonyl (C=O) groups excluding carboxylic acids is 1. The Hall–Kier alpha value is -3.46. The molecule has 0 radical (unpaired) electrons. The van der Waals surface area contributed by atoms with E-state index in [0.717, 1.165) is 72.7 Å². The number of imidazole rings is 1. The monoisotopic (exact) mass is 458 g/mol. The minimum absolute atomic E-state index is 0.153. The van der Waals surface area contributed by atoms with Gasteiger partial charge in [-0.25, -0.2) is 15.0 Å². The number of nitrogens with zero attached hydrogens (tertiary/aromatic N) is 6. The number of carbonyl (C=O) groups is 1. The number of pyridine rings is 1. The molecule has 1 amide bonds. The molecule has 176 valence electrons. The molecular weight excluding hydrogens is 428 g/mol. The average molecular weight is 459 g/mol. The van der Waals surface area contributed by atoms with Gasteiger partial charge in [0.2, 0.25) is 0 Å². The van der Waals surface area contributed by atoms with Gasteiger partial charge in [-0.15, -0.1) is 0 Å². The molecule has 0 spiro atoms. The van der Waals surface area contributed by atoms with Gasteiger partial charge in [0.25, 0.3) is 5.91 Å². The number of rotatable bonds is 3. The fourth-order valence-corrected chi connectivity index (χ4v) is 5.57. The van der Waals surface area contributed by atoms with E-state index in [1.807, 2.05) is 34.9 Å². The van der Waals surface area contributed by atoms with Gasteiger partial charge in [0.15, 0.2) is 11.3 Å². The Morgan fingerprint density at radius 1 is 1.03 bits per heavy atom. The lowest BCUT2D eigenvalue weighted by molar-refractivity contribution is 0.0965. The van der Waals surface area contributed by atoms with E-state index in [1.54, 1.807) is 7.05 Å². The molecular formula is C25H30N8O. The molecule has 2 saturated heterocycles. The summed E-state index contributed by atoms with van der Waals surface area (Å²) in [7, 11) is 1.67. The van der Waals surface area contributed by atoms with Gasteiger partial charge in [-0.3, -0.25) is 9.20 Å². The zero-order valence-corrected chi connectivity index (χ0v) is 19.9. The molecule has 6 rings (SSSR count). The number of para-hydroxylation sites is 2. The highest BCUT2D eigenvalue weighted by Crippen LogP contribution is 2.37. The van der Waals surface area contributed by atoms with Crippen molar-refractivity contribution in [3.05, 3.63) is 36.0 Å². The highest BCUT2D eigenvalue weighted by molar-refractivity contribution is 6.13. The average Bonchev–Trinajstić information content (AvgIpc) is 3.50. The Morgan fingerprint density at radius 3 is 2.50 bits per heavy atom. The van der Waals surface area contributed by atoms with E-state index >= 15 is 0 Å². The molecule has 34 heavy (non-hydrogen) atoms. The van der Waals surface area contributed by atoms with Crippen LogP contribution in [0.15, 0.2) is 30.5 Å². The van der Waals surface area contributed by atoms with Gasteiger partial charge in [0, 0.05) is 45.3 Å². The summed E-state index contributed by atoms with van der Waals surface area (Å²) in [5.41, 5.74) is 5.29. The topological polar surface area (TPSA) is 90.7 Å². The Kier molecular flexibility index (Phi) is 5.02. The summed E-state index contributed by atoms with van der Waals surface area (Å²) < 4.78 is 2.01. The highest BCUT2D eigenvalue weighted by atomic mass is 16.1. The van der Waals surface area contributed by atoms with Crippen LogP contribution in [0.5, 0.6) is 0 Å². The van der Waals surface area contributed by atoms with E-state index in [1.165, 1.54) is 0 Å². The van der Waals surface area contributed by atoms with Crippen molar-refractivity contribution in [3.8, 4) is 0 Å². The van der Waals surface area contributed by atoms with Gasteiger partial charge in [0.05, 0.1) is 22.9 Å². The maximum absolute atomic E-state index is 13.3. The van der Waals surface area contributed by atoms with E-state index in [-0.39, 0.29) is 5.91 Å². The third-order valence-electron chi connectivity index (χ3n) is 6.96. The van der Waals surface area contributed by atoms with E-state index in [9.17, 15) is 4.79 Å². The van der Waals surface area contributed by atoms with Crippen molar-refractivity contribution in [2.24, 2.45) is 0 Å². The van der Waals surface area contributed by atoms with Gasteiger partial charge in [0.1, 0.15) is 16.9 Å². The Bertz CT molecular complexity index is 1400. The first-order valence-electron chi connectivity index (χ1n) is 12.1. The molecule has 2 atom stereocenters. The standard InChI is InChI=1S/C25H30N8O/c1-15-13-32(14-16(2)28-15)19-12-27-21-22(31-10-6-7-11-31)20(25(34)26-3)23-29-17-8-4-5-9-18(17)33(23)24(21)30-19/h4-5,8-9,12,15-16,28H,6-7,10-11,13-14H2,1-3H3,(H,26,34)/t15-,16+. The first-order valence-corrected chi connectivity index (χ1v) is 12.1. The first kappa shape index (κ1) is 21.1. The lowest BCUT2D eigenvalue weighted by atomic mass is 10.1. The fraction of sp³-hybridized carbons (Fsp3) is 0.440. The largest absolute Gasteiger partial charge is 0.369 e. The first-order chi connectivity index (χ1) is 16.5. The molecule has 0 saturated carbocycles. The second-order valence-corrected chi connectivity index (χ2v) is 9.53. The van der Waals surface area contributed by atoms with Crippen LogP contribution in [0.25, 0.3) is 27.8 Å². The lowest BCUT2D eigenvalue weighted by Crippen LogP contribution is -2.54. The van der Waals surface area contributed by atoms with Crippen LogP contribution in [0.3, 0.4) is 0 Å². The Labute approximate surface area is 198 Å². The molecule has 2 fully saturated rings. The predicted molar refractivity (Wildman–Crippen MR) is 135 cm³/mol. The van der Waals surface area contributed by atoms with E-state index in [2.05, 4.69) is 34.3 Å². The third-order valence-corrected chi connectivity index (χ3v) is 6.96. The summed E-state index contributed by atoms with van der Waals surface area (Å²) in [5.74, 6) is 0.701. The SMILES string of the molecule is CNC(=O)c1c(N2CCCC2)c2ncc(N3C[C@@H](C)N[C@@H](C)C3)nc2n2c1nc1ccccc12. The van der Waals surface area contributed by atoms with E-state index in [4.69, 9.17) is 15.0 Å². The predicted octanol–water partition coefficient (Wildman–Crippen LogP) is 2.58. The van der Waals surface area contributed by atoms with Crippen molar-refractivity contribution in [1.82, 2.24) is 30.0 Å². The van der Waals surface area contributed by atoms with Gasteiger partial charge in [-0.05, 0) is 38.8 Å². The molecule has 5 heterocycles. The lowest BCUT2D eigenvalue weighted by Gasteiger charge is -2.36. The Balaban J connectivity index is 1.69. The summed E-state index contributed by atoms with van der Waals surface area (Å²) in [6.07, 6.45) is 4.06. The number of benzene rings is 1. The molecule has 3 aromatic heterocycles. The van der Waals surface area contributed by atoms with Crippen molar-refractivity contribution >= 4 is 45.3 Å². The van der Waals surface area contributed by atoms with Gasteiger partial charge in [-0.1, -0.05) is 12.1 Å². The number of hydrogen-bond acceptors (Lipinski definition) is 7. The quantitative estimate of drug-likeness (QED) is 0.488. The second kappa shape index (κ2) is 8.09. The van der Waals surface area contributed by atoms with Crippen molar-refractivity contribution in [1.29, 1.82) is 0 Å². The maximum Gasteiger partial charge on any atom is 0.257 e. The molecule has 2 aliphatic rings. The number of hydrogen-bond donors (Lipinski definition) is 2. The minimum atomic E-state index is -0.153. The van der Waals surface area contributed by atoms with E-state index in [0.29, 0.717) is 23.3 Å². The van der Waals surface area contributed by atoms with Crippen molar-refractivity contribution in [2.45, 2.75) is 38.8 Å². The second-order valence-electron chi connectivity index (χ2n) is 9.53. The summed E-state index contributed by atoms with van der Waals surface area (Å²) in [5, 5.41) is 6.42. The molecule has 9 heteroatoms. The minimum Gasteiger partial charge on any atom is -0.369 e. The maximum atomic E-state index is 13.3. The van der Waals surface area contributed by atoms with Gasteiger partial charge in [-0.2, -0.15) is 0 Å². The fourth-order valence-electron chi connectivity index (χ4n) is 5.57. The molecule has 2 N–H and O–H groups in total. The third kappa shape index (κ3) is 3.26. The number of anilines is 2. The molecule has 2 aliphatic heterocycles. The smallest absolute Gasteiger partial charge is 0.257 e. The van der Waals surface area contributed by atoms with Crippen LogP contribution >= 0.6 is 0 Å².